The van der Waals surface area contributed by atoms with Crippen LogP contribution in [0.2, 0.25) is 0 Å². The number of halogens is 2. The zero-order valence-electron chi connectivity index (χ0n) is 16.6. The first-order chi connectivity index (χ1) is 13.2. The van der Waals surface area contributed by atoms with Crippen molar-refractivity contribution in [3.05, 3.63) is 42.0 Å². The Morgan fingerprint density at radius 1 is 1.24 bits per heavy atom. The number of hydrogen-bond acceptors (Lipinski definition) is 4. The number of pyridine rings is 1. The number of rotatable bonds is 5. The van der Waals surface area contributed by atoms with E-state index in [0.717, 1.165) is 56.0 Å². The highest BCUT2D eigenvalue weighted by atomic mass is 35.5. The van der Waals surface area contributed by atoms with Crippen molar-refractivity contribution < 1.29 is 9.53 Å². The molecule has 1 unspecified atom stereocenters. The van der Waals surface area contributed by atoms with Gasteiger partial charge >= 0.3 is 0 Å². The monoisotopic (exact) mass is 437 g/mol. The minimum absolute atomic E-state index is 0. The van der Waals surface area contributed by atoms with Crippen molar-refractivity contribution in [2.45, 2.75) is 32.6 Å². The van der Waals surface area contributed by atoms with E-state index in [1.54, 1.807) is 0 Å². The Kier molecular flexibility index (Phi) is 8.75. The van der Waals surface area contributed by atoms with Crippen LogP contribution in [0.25, 0.3) is 11.3 Å². The number of anilines is 1. The van der Waals surface area contributed by atoms with E-state index in [9.17, 15) is 4.79 Å². The van der Waals surface area contributed by atoms with Crippen LogP contribution in [0.3, 0.4) is 0 Å². The van der Waals surface area contributed by atoms with Gasteiger partial charge in [0, 0.05) is 18.4 Å². The van der Waals surface area contributed by atoms with Gasteiger partial charge in [0.05, 0.1) is 12.3 Å². The number of amides is 1. The van der Waals surface area contributed by atoms with Gasteiger partial charge in [-0.15, -0.1) is 24.8 Å². The molecule has 1 amide bonds. The summed E-state index contributed by atoms with van der Waals surface area (Å²) in [4.78, 5) is 17.1. The SMILES string of the molecule is CC(CC(=O)Nc1cccc(-c2ccc3c(c2)CCO3)n1)C1CCNCC1.Cl.Cl. The van der Waals surface area contributed by atoms with E-state index in [4.69, 9.17) is 4.74 Å². The first-order valence-corrected chi connectivity index (χ1v) is 9.93. The Morgan fingerprint density at radius 2 is 2.03 bits per heavy atom. The quantitative estimate of drug-likeness (QED) is 0.722. The third kappa shape index (κ3) is 5.84. The molecule has 4 rings (SSSR count). The number of carbonyl (C=O) groups is 1. The van der Waals surface area contributed by atoms with Crippen molar-refractivity contribution in [1.29, 1.82) is 0 Å². The lowest BCUT2D eigenvalue weighted by molar-refractivity contribution is -0.117. The third-order valence-electron chi connectivity index (χ3n) is 5.70. The number of piperidine rings is 1. The first-order valence-electron chi connectivity index (χ1n) is 9.93. The highest BCUT2D eigenvalue weighted by Crippen LogP contribution is 2.30. The number of fused-ring (bicyclic) bond motifs is 1. The van der Waals surface area contributed by atoms with Gasteiger partial charge in [0.25, 0.3) is 0 Å². The average Bonchev–Trinajstić information content (AvgIpc) is 3.16. The van der Waals surface area contributed by atoms with Crippen LogP contribution in [-0.2, 0) is 11.2 Å². The topological polar surface area (TPSA) is 63.2 Å². The fourth-order valence-electron chi connectivity index (χ4n) is 4.08. The molecule has 0 saturated carbocycles. The van der Waals surface area contributed by atoms with Crippen LogP contribution in [0.15, 0.2) is 36.4 Å². The van der Waals surface area contributed by atoms with Crippen LogP contribution in [0.1, 0.15) is 31.7 Å². The number of nitrogens with zero attached hydrogens (tertiary/aromatic N) is 1. The number of carbonyl (C=O) groups excluding carboxylic acids is 1. The maximum Gasteiger partial charge on any atom is 0.225 e. The fourth-order valence-corrected chi connectivity index (χ4v) is 4.08. The van der Waals surface area contributed by atoms with Crippen molar-refractivity contribution >= 4 is 36.5 Å². The Morgan fingerprint density at radius 3 is 2.83 bits per heavy atom. The molecule has 1 aromatic heterocycles. The van der Waals surface area contributed by atoms with E-state index >= 15 is 0 Å². The number of nitrogens with one attached hydrogen (secondary N) is 2. The molecule has 2 aliphatic rings. The second-order valence-corrected chi connectivity index (χ2v) is 7.65. The molecule has 1 saturated heterocycles. The van der Waals surface area contributed by atoms with E-state index in [2.05, 4.69) is 28.6 Å². The van der Waals surface area contributed by atoms with Gasteiger partial charge in [0.15, 0.2) is 0 Å². The van der Waals surface area contributed by atoms with Crippen molar-refractivity contribution in [3.63, 3.8) is 0 Å². The van der Waals surface area contributed by atoms with Gasteiger partial charge in [-0.3, -0.25) is 4.79 Å². The standard InChI is InChI=1S/C22H27N3O2.2ClH/c1-15(16-7-10-23-11-8-16)13-22(26)25-21-4-2-3-19(24-21)17-5-6-20-18(14-17)9-12-27-20;;/h2-6,14-16,23H,7-13H2,1H3,(H,24,25,26);2*1H. The summed E-state index contributed by atoms with van der Waals surface area (Å²) < 4.78 is 5.57. The van der Waals surface area contributed by atoms with Gasteiger partial charge in [-0.25, -0.2) is 4.98 Å². The summed E-state index contributed by atoms with van der Waals surface area (Å²) in [6, 6.07) is 11.9. The minimum Gasteiger partial charge on any atom is -0.493 e. The molecule has 3 heterocycles. The second-order valence-electron chi connectivity index (χ2n) is 7.65. The van der Waals surface area contributed by atoms with Gasteiger partial charge < -0.3 is 15.4 Å². The molecule has 1 aromatic carbocycles. The number of ether oxygens (including phenoxy) is 1. The molecular weight excluding hydrogens is 409 g/mol. The molecule has 5 nitrogen and oxygen atoms in total. The molecular formula is C22H29Cl2N3O2. The van der Waals surface area contributed by atoms with Gasteiger partial charge in [-0.05, 0) is 73.7 Å². The van der Waals surface area contributed by atoms with Gasteiger partial charge in [0.2, 0.25) is 5.91 Å². The summed E-state index contributed by atoms with van der Waals surface area (Å²) in [7, 11) is 0. The predicted molar refractivity (Wildman–Crippen MR) is 121 cm³/mol. The van der Waals surface area contributed by atoms with Crippen LogP contribution in [0.5, 0.6) is 5.75 Å². The van der Waals surface area contributed by atoms with E-state index in [1.807, 2.05) is 30.3 Å². The number of benzene rings is 1. The van der Waals surface area contributed by atoms with E-state index in [1.165, 1.54) is 5.56 Å². The van der Waals surface area contributed by atoms with Crippen molar-refractivity contribution in [3.8, 4) is 17.0 Å². The molecule has 0 spiro atoms. The fraction of sp³-hybridized carbons (Fsp3) is 0.455. The van der Waals surface area contributed by atoms with Crippen molar-refractivity contribution in [2.24, 2.45) is 11.8 Å². The van der Waals surface area contributed by atoms with Gasteiger partial charge in [0.1, 0.15) is 11.6 Å². The van der Waals surface area contributed by atoms with Crippen LogP contribution in [0.4, 0.5) is 5.82 Å². The van der Waals surface area contributed by atoms with E-state index in [-0.39, 0.29) is 30.7 Å². The molecule has 0 bridgehead atoms. The maximum absolute atomic E-state index is 12.5. The predicted octanol–water partition coefficient (Wildman–Crippen LogP) is 4.49. The zero-order chi connectivity index (χ0) is 18.6. The smallest absolute Gasteiger partial charge is 0.225 e. The summed E-state index contributed by atoms with van der Waals surface area (Å²) in [5.74, 6) is 2.66. The summed E-state index contributed by atoms with van der Waals surface area (Å²) in [6.07, 6.45) is 3.80. The molecule has 1 fully saturated rings. The number of hydrogen-bond donors (Lipinski definition) is 2. The largest absolute Gasteiger partial charge is 0.493 e. The van der Waals surface area contributed by atoms with Crippen molar-refractivity contribution in [1.82, 2.24) is 10.3 Å². The first kappa shape index (κ1) is 23.5. The lowest BCUT2D eigenvalue weighted by Gasteiger charge is -2.27. The van der Waals surface area contributed by atoms with Crippen molar-refractivity contribution in [2.75, 3.05) is 25.0 Å². The summed E-state index contributed by atoms with van der Waals surface area (Å²) in [5.41, 5.74) is 3.15. The number of aromatic nitrogens is 1. The summed E-state index contributed by atoms with van der Waals surface area (Å²) in [6.45, 7) is 5.06. The molecule has 2 aromatic rings. The zero-order valence-corrected chi connectivity index (χ0v) is 18.3. The van der Waals surface area contributed by atoms with Gasteiger partial charge in [-0.2, -0.15) is 0 Å². The molecule has 29 heavy (non-hydrogen) atoms. The highest BCUT2D eigenvalue weighted by Gasteiger charge is 2.22. The average molecular weight is 438 g/mol. The summed E-state index contributed by atoms with van der Waals surface area (Å²) in [5, 5.41) is 6.37. The third-order valence-corrected chi connectivity index (χ3v) is 5.70. The molecule has 158 valence electrons. The minimum atomic E-state index is 0. The summed E-state index contributed by atoms with van der Waals surface area (Å²) >= 11 is 0. The maximum atomic E-state index is 12.5. The normalized spacial score (nSPS) is 16.6. The molecule has 7 heteroatoms. The Balaban J connectivity index is 0.00000150. The van der Waals surface area contributed by atoms with Gasteiger partial charge in [-0.1, -0.05) is 13.0 Å². The highest BCUT2D eigenvalue weighted by molar-refractivity contribution is 5.90. The Hall–Kier alpha value is -1.82. The lowest BCUT2D eigenvalue weighted by atomic mass is 9.84. The van der Waals surface area contributed by atoms with E-state index in [0.29, 0.717) is 24.1 Å². The Bertz CT molecular complexity index is 825. The molecule has 0 aliphatic carbocycles. The second kappa shape index (κ2) is 10.8. The lowest BCUT2D eigenvalue weighted by Crippen LogP contribution is -2.32. The van der Waals surface area contributed by atoms with Crippen LogP contribution in [0, 0.1) is 11.8 Å². The van der Waals surface area contributed by atoms with E-state index < -0.39 is 0 Å². The van der Waals surface area contributed by atoms with Crippen LogP contribution < -0.4 is 15.4 Å². The molecule has 2 aliphatic heterocycles. The Labute approximate surface area is 184 Å². The van der Waals surface area contributed by atoms with Crippen LogP contribution >= 0.6 is 24.8 Å². The molecule has 0 radical (unpaired) electrons. The molecule has 2 N–H and O–H groups in total. The van der Waals surface area contributed by atoms with Crippen LogP contribution in [-0.4, -0.2) is 30.6 Å². The molecule has 1 atom stereocenters.